The van der Waals surface area contributed by atoms with Gasteiger partial charge in [0.1, 0.15) is 6.04 Å². The first kappa shape index (κ1) is 15.2. The first-order valence-electron chi connectivity index (χ1n) is 6.19. The molecule has 1 unspecified atom stereocenters. The molecular weight excluding hydrogens is 242 g/mol. The van der Waals surface area contributed by atoms with E-state index in [1.807, 2.05) is 55.1 Å². The van der Waals surface area contributed by atoms with Gasteiger partial charge in [0.15, 0.2) is 13.3 Å². The van der Waals surface area contributed by atoms with Crippen molar-refractivity contribution in [2.24, 2.45) is 5.73 Å². The predicted octanol–water partition coefficient (Wildman–Crippen LogP) is 0.373. The molecule has 1 atom stereocenters. The second-order valence-electron chi connectivity index (χ2n) is 4.77. The molecule has 1 rings (SSSR count). The maximum Gasteiger partial charge on any atom is 0.320 e. The van der Waals surface area contributed by atoms with Gasteiger partial charge in [0.2, 0.25) is 0 Å². The molecule has 0 aromatic heterocycles. The maximum absolute atomic E-state index is 10.7. The van der Waals surface area contributed by atoms with E-state index >= 15 is 0 Å². The van der Waals surface area contributed by atoms with Crippen LogP contribution >= 0.6 is 0 Å². The minimum Gasteiger partial charge on any atom is -0.480 e. The normalized spacial score (nSPS) is 13.2. The van der Waals surface area contributed by atoms with E-state index in [-0.39, 0.29) is 0 Å². The van der Waals surface area contributed by atoms with E-state index in [1.54, 1.807) is 0 Å². The lowest BCUT2D eigenvalue weighted by Crippen LogP contribution is -2.32. The molecule has 3 N–H and O–H groups in total. The fraction of sp³-hybridized carbons (Fsp3) is 0.429. The Hall–Kier alpha value is -1.88. The Bertz CT molecular complexity index is 452. The molecule has 0 radical (unpaired) electrons. The number of aliphatic carboxylic acids is 1. The zero-order valence-electron chi connectivity index (χ0n) is 11.7. The fourth-order valence-electron chi connectivity index (χ4n) is 1.55. The van der Waals surface area contributed by atoms with Crippen LogP contribution in [0.25, 0.3) is 0 Å². The van der Waals surface area contributed by atoms with Crippen molar-refractivity contribution in [3.05, 3.63) is 35.4 Å². The van der Waals surface area contributed by atoms with Gasteiger partial charge >= 0.3 is 5.97 Å². The molecular formula is C14H22N3O2+. The van der Waals surface area contributed by atoms with Gasteiger partial charge in [-0.2, -0.15) is 5.01 Å². The molecule has 0 aliphatic heterocycles. The summed E-state index contributed by atoms with van der Waals surface area (Å²) in [6, 6.07) is 7.04. The third-order valence-electron chi connectivity index (χ3n) is 3.02. The van der Waals surface area contributed by atoms with Crippen LogP contribution in [0.2, 0.25) is 0 Å². The van der Waals surface area contributed by atoms with Crippen molar-refractivity contribution in [2.75, 3.05) is 21.1 Å². The monoisotopic (exact) mass is 264 g/mol. The van der Waals surface area contributed by atoms with Gasteiger partial charge in [-0.15, -0.1) is 4.68 Å². The number of benzene rings is 1. The smallest absolute Gasteiger partial charge is 0.320 e. The Morgan fingerprint density at radius 1 is 1.37 bits per heavy atom. The zero-order valence-corrected chi connectivity index (χ0v) is 11.7. The van der Waals surface area contributed by atoms with E-state index in [0.717, 1.165) is 12.0 Å². The third kappa shape index (κ3) is 5.09. The summed E-state index contributed by atoms with van der Waals surface area (Å²) in [6.45, 7) is 0. The summed E-state index contributed by atoms with van der Waals surface area (Å²) in [5.74, 6) is -0.968. The molecule has 0 heterocycles. The highest BCUT2D eigenvalue weighted by atomic mass is 16.4. The minimum atomic E-state index is -0.968. The van der Waals surface area contributed by atoms with E-state index in [9.17, 15) is 4.79 Å². The van der Waals surface area contributed by atoms with Crippen LogP contribution in [0.4, 0.5) is 0 Å². The molecule has 0 aliphatic rings. The summed E-state index contributed by atoms with van der Waals surface area (Å²) in [5.41, 5.74) is 7.63. The number of hydrogen-bond acceptors (Lipinski definition) is 3. The zero-order chi connectivity index (χ0) is 14.4. The standard InChI is InChI=1S/C14H21N3O2/c1-16(2)17(3)9-8-11-4-6-12(7-5-11)10-13(15)14(18)19/h4-7,9,13H,8,10,15H2,1-3H3/p+1/b17-9+. The largest absolute Gasteiger partial charge is 0.480 e. The van der Waals surface area contributed by atoms with Crippen molar-refractivity contribution in [3.63, 3.8) is 0 Å². The topological polar surface area (TPSA) is 69.6 Å². The maximum atomic E-state index is 10.7. The third-order valence-corrected chi connectivity index (χ3v) is 3.02. The summed E-state index contributed by atoms with van der Waals surface area (Å²) < 4.78 is 2.01. The molecule has 1 aromatic carbocycles. The van der Waals surface area contributed by atoms with E-state index in [2.05, 4.69) is 6.21 Å². The quantitative estimate of drug-likeness (QED) is 0.442. The van der Waals surface area contributed by atoms with Gasteiger partial charge in [0, 0.05) is 0 Å². The molecule has 0 fully saturated rings. The summed E-state index contributed by atoms with van der Waals surface area (Å²) in [4.78, 5) is 10.7. The molecule has 0 bridgehead atoms. The lowest BCUT2D eigenvalue weighted by atomic mass is 10.0. The number of carboxylic acids is 1. The molecule has 5 nitrogen and oxygen atoms in total. The highest BCUT2D eigenvalue weighted by molar-refractivity contribution is 5.73. The number of hydrazone groups is 1. The van der Waals surface area contributed by atoms with Crippen molar-refractivity contribution in [2.45, 2.75) is 18.9 Å². The Morgan fingerprint density at radius 3 is 2.37 bits per heavy atom. The molecule has 19 heavy (non-hydrogen) atoms. The Balaban J connectivity index is 2.62. The molecule has 5 heteroatoms. The van der Waals surface area contributed by atoms with Gasteiger partial charge in [-0.25, -0.2) is 0 Å². The van der Waals surface area contributed by atoms with E-state index in [1.165, 1.54) is 5.56 Å². The van der Waals surface area contributed by atoms with Crippen molar-refractivity contribution >= 4 is 12.2 Å². The number of carboxylic acid groups (broad SMARTS) is 1. The van der Waals surface area contributed by atoms with Gasteiger partial charge in [0.05, 0.1) is 20.5 Å². The van der Waals surface area contributed by atoms with Crippen LogP contribution in [-0.4, -0.2) is 54.2 Å². The predicted molar refractivity (Wildman–Crippen MR) is 75.4 cm³/mol. The lowest BCUT2D eigenvalue weighted by Gasteiger charge is -2.07. The molecule has 0 saturated heterocycles. The van der Waals surface area contributed by atoms with E-state index in [4.69, 9.17) is 10.8 Å². The number of hydrazine groups is 1. The Morgan fingerprint density at radius 2 is 1.89 bits per heavy atom. The van der Waals surface area contributed by atoms with Gasteiger partial charge < -0.3 is 10.8 Å². The van der Waals surface area contributed by atoms with Crippen molar-refractivity contribution in [1.82, 2.24) is 5.01 Å². The summed E-state index contributed by atoms with van der Waals surface area (Å²) in [5, 5.41) is 10.7. The van der Waals surface area contributed by atoms with Crippen LogP contribution in [0.3, 0.4) is 0 Å². The molecule has 0 saturated carbocycles. The molecule has 1 aromatic rings. The SMILES string of the molecule is CN(C)/[N+](C)=C/Cc1ccc(CC(N)C(=O)O)cc1. The van der Waals surface area contributed by atoms with Crippen molar-refractivity contribution in [1.29, 1.82) is 0 Å². The second-order valence-corrected chi connectivity index (χ2v) is 4.77. The minimum absolute atomic E-state index is 0.358. The first-order valence-corrected chi connectivity index (χ1v) is 6.19. The highest BCUT2D eigenvalue weighted by Gasteiger charge is 2.11. The Labute approximate surface area is 113 Å². The number of hydrogen-bond donors (Lipinski definition) is 2. The van der Waals surface area contributed by atoms with Gasteiger partial charge in [-0.05, 0) is 17.5 Å². The average molecular weight is 264 g/mol. The van der Waals surface area contributed by atoms with Crippen molar-refractivity contribution < 1.29 is 14.6 Å². The van der Waals surface area contributed by atoms with Crippen LogP contribution in [0.15, 0.2) is 24.3 Å². The van der Waals surface area contributed by atoms with Gasteiger partial charge in [-0.1, -0.05) is 24.3 Å². The lowest BCUT2D eigenvalue weighted by molar-refractivity contribution is -0.652. The molecule has 0 spiro atoms. The highest BCUT2D eigenvalue weighted by Crippen LogP contribution is 2.06. The van der Waals surface area contributed by atoms with Crippen LogP contribution in [0.1, 0.15) is 11.1 Å². The number of carbonyl (C=O) groups is 1. The summed E-state index contributed by atoms with van der Waals surface area (Å²) in [7, 11) is 5.94. The van der Waals surface area contributed by atoms with Crippen LogP contribution in [0.5, 0.6) is 0 Å². The fourth-order valence-corrected chi connectivity index (χ4v) is 1.55. The number of nitrogens with zero attached hydrogens (tertiary/aromatic N) is 2. The summed E-state index contributed by atoms with van der Waals surface area (Å²) >= 11 is 0. The van der Waals surface area contributed by atoms with E-state index in [0.29, 0.717) is 6.42 Å². The van der Waals surface area contributed by atoms with Crippen molar-refractivity contribution in [3.8, 4) is 0 Å². The van der Waals surface area contributed by atoms with Gasteiger partial charge in [-0.3, -0.25) is 4.79 Å². The Kier molecular flexibility index (Phi) is 5.51. The van der Waals surface area contributed by atoms with Crippen LogP contribution in [0, 0.1) is 0 Å². The van der Waals surface area contributed by atoms with Crippen LogP contribution in [-0.2, 0) is 17.6 Å². The summed E-state index contributed by atoms with van der Waals surface area (Å²) in [6.07, 6.45) is 3.27. The number of rotatable bonds is 6. The molecule has 104 valence electrons. The van der Waals surface area contributed by atoms with Crippen LogP contribution < -0.4 is 5.73 Å². The molecule has 0 aliphatic carbocycles. The first-order chi connectivity index (χ1) is 8.90. The molecule has 0 amide bonds. The van der Waals surface area contributed by atoms with E-state index < -0.39 is 12.0 Å². The van der Waals surface area contributed by atoms with Gasteiger partial charge in [0.25, 0.3) is 0 Å². The second kappa shape index (κ2) is 6.89. The number of nitrogens with two attached hydrogens (primary N) is 1. The average Bonchev–Trinajstić information content (AvgIpc) is 2.37.